The van der Waals surface area contributed by atoms with Gasteiger partial charge in [0.25, 0.3) is 0 Å². The molecule has 0 unspecified atom stereocenters. The van der Waals surface area contributed by atoms with Crippen molar-refractivity contribution < 1.29 is 51.0 Å². The van der Waals surface area contributed by atoms with E-state index in [1.165, 1.54) is 24.8 Å². The molecule has 12 heavy (non-hydrogen) atoms. The van der Waals surface area contributed by atoms with E-state index in [0.717, 1.165) is 0 Å². The van der Waals surface area contributed by atoms with Crippen LogP contribution in [0.15, 0.2) is 24.3 Å². The van der Waals surface area contributed by atoms with Crippen molar-refractivity contribution in [1.29, 1.82) is 0 Å². The molecule has 1 aromatic rings. The van der Waals surface area contributed by atoms with Crippen LogP contribution in [0, 0.1) is 0 Å². The van der Waals surface area contributed by atoms with Crippen LogP contribution in [-0.4, -0.2) is 0 Å². The van der Waals surface area contributed by atoms with E-state index in [9.17, 15) is 0 Å². The van der Waals surface area contributed by atoms with Crippen LogP contribution in [0.25, 0.3) is 0 Å². The Hall–Kier alpha value is 0.813. The third-order valence-electron chi connectivity index (χ3n) is 1.55. The largest absolute Gasteiger partial charge is 3.00 e. The SMILES string of the molecule is CCCCc1ccc[cH-]1.[Cl-].[Cl-].[Zr+3]. The van der Waals surface area contributed by atoms with Gasteiger partial charge in [0.15, 0.2) is 0 Å². The standard InChI is InChI=1S/C9H13.2ClH.Zr/c1-2-3-6-9-7-4-5-8-9;;;/h4-5,7-8H,2-3,6H2,1H3;2*1H;/q-1;;;+3/p-2. The summed E-state index contributed by atoms with van der Waals surface area (Å²) >= 11 is 0. The molecule has 0 aromatic heterocycles. The Morgan fingerprint density at radius 3 is 2.42 bits per heavy atom. The molecule has 0 saturated heterocycles. The monoisotopic (exact) mass is 281 g/mol. The van der Waals surface area contributed by atoms with Gasteiger partial charge in [0.2, 0.25) is 0 Å². The fraction of sp³-hybridized carbons (Fsp3) is 0.444. The number of hydrogen-bond acceptors (Lipinski definition) is 0. The van der Waals surface area contributed by atoms with Gasteiger partial charge >= 0.3 is 26.2 Å². The second-order valence-electron chi connectivity index (χ2n) is 2.40. The molecule has 0 heterocycles. The Balaban J connectivity index is -0.000000270. The third kappa shape index (κ3) is 7.46. The molecule has 0 spiro atoms. The number of hydrogen-bond donors (Lipinski definition) is 0. The third-order valence-corrected chi connectivity index (χ3v) is 1.55. The van der Waals surface area contributed by atoms with E-state index in [4.69, 9.17) is 0 Å². The summed E-state index contributed by atoms with van der Waals surface area (Å²) in [5.74, 6) is 0. The predicted octanol–water partition coefficient (Wildman–Crippen LogP) is -3.25. The van der Waals surface area contributed by atoms with Crippen molar-refractivity contribution in [2.24, 2.45) is 0 Å². The van der Waals surface area contributed by atoms with Crippen LogP contribution in [0.2, 0.25) is 0 Å². The number of aryl methyl sites for hydroxylation is 1. The fourth-order valence-corrected chi connectivity index (χ4v) is 0.961. The summed E-state index contributed by atoms with van der Waals surface area (Å²) in [4.78, 5) is 0. The van der Waals surface area contributed by atoms with Gasteiger partial charge in [0.1, 0.15) is 0 Å². The van der Waals surface area contributed by atoms with Gasteiger partial charge in [-0.05, 0) is 0 Å². The minimum atomic E-state index is 0. The van der Waals surface area contributed by atoms with E-state index < -0.39 is 0 Å². The number of halogens is 2. The Morgan fingerprint density at radius 1 is 1.33 bits per heavy atom. The molecule has 67 valence electrons. The maximum absolute atomic E-state index is 2.23. The van der Waals surface area contributed by atoms with Crippen molar-refractivity contribution in [1.82, 2.24) is 0 Å². The van der Waals surface area contributed by atoms with Crippen molar-refractivity contribution in [2.75, 3.05) is 0 Å². The zero-order valence-corrected chi connectivity index (χ0v) is 11.2. The minimum Gasteiger partial charge on any atom is -1.00 e. The van der Waals surface area contributed by atoms with Crippen molar-refractivity contribution in [3.8, 4) is 0 Å². The first-order valence-electron chi connectivity index (χ1n) is 3.64. The van der Waals surface area contributed by atoms with Crippen molar-refractivity contribution in [2.45, 2.75) is 26.2 Å². The number of unbranched alkanes of at least 4 members (excludes halogenated alkanes) is 1. The van der Waals surface area contributed by atoms with Gasteiger partial charge in [-0.3, -0.25) is 0 Å². The van der Waals surface area contributed by atoms with Gasteiger partial charge in [-0.15, -0.1) is 0 Å². The molecule has 0 nitrogen and oxygen atoms in total. The molecule has 0 fully saturated rings. The topological polar surface area (TPSA) is 0 Å². The van der Waals surface area contributed by atoms with Gasteiger partial charge in [-0.25, -0.2) is 12.1 Å². The first kappa shape index (κ1) is 18.6. The summed E-state index contributed by atoms with van der Waals surface area (Å²) in [5, 5.41) is 0. The molecule has 1 radical (unpaired) electrons. The average molecular weight is 283 g/mol. The van der Waals surface area contributed by atoms with Crippen LogP contribution in [0.3, 0.4) is 0 Å². The summed E-state index contributed by atoms with van der Waals surface area (Å²) in [6.45, 7) is 2.23. The predicted molar refractivity (Wildman–Crippen MR) is 40.6 cm³/mol. The first-order valence-corrected chi connectivity index (χ1v) is 3.64. The molecule has 1 aromatic carbocycles. The van der Waals surface area contributed by atoms with Crippen LogP contribution in [-0.2, 0) is 32.6 Å². The summed E-state index contributed by atoms with van der Waals surface area (Å²) in [7, 11) is 0. The molecule has 0 aliphatic heterocycles. The molecular weight excluding hydrogens is 270 g/mol. The molecule has 0 aliphatic carbocycles. The van der Waals surface area contributed by atoms with Crippen molar-refractivity contribution >= 4 is 0 Å². The van der Waals surface area contributed by atoms with E-state index in [0.29, 0.717) is 0 Å². The van der Waals surface area contributed by atoms with Gasteiger partial charge in [0.05, 0.1) is 0 Å². The van der Waals surface area contributed by atoms with Crippen LogP contribution in [0.4, 0.5) is 0 Å². The fourth-order valence-electron chi connectivity index (χ4n) is 0.961. The molecule has 0 aliphatic rings. The Labute approximate surface area is 106 Å². The minimum absolute atomic E-state index is 0. The molecule has 1 rings (SSSR count). The second kappa shape index (κ2) is 11.8. The number of rotatable bonds is 3. The Morgan fingerprint density at radius 2 is 2.00 bits per heavy atom. The Bertz CT molecular complexity index is 150. The molecule has 0 saturated carbocycles. The Kier molecular flexibility index (Phi) is 18.3. The van der Waals surface area contributed by atoms with E-state index in [1.54, 1.807) is 0 Å². The van der Waals surface area contributed by atoms with Gasteiger partial charge in [-0.2, -0.15) is 17.7 Å². The van der Waals surface area contributed by atoms with Gasteiger partial charge in [-0.1, -0.05) is 26.2 Å². The van der Waals surface area contributed by atoms with Gasteiger partial charge < -0.3 is 24.8 Å². The van der Waals surface area contributed by atoms with E-state index in [1.807, 2.05) is 0 Å². The molecule has 3 heteroatoms. The van der Waals surface area contributed by atoms with Crippen LogP contribution >= 0.6 is 0 Å². The van der Waals surface area contributed by atoms with E-state index in [2.05, 4.69) is 31.2 Å². The summed E-state index contributed by atoms with van der Waals surface area (Å²) < 4.78 is 0. The van der Waals surface area contributed by atoms with Crippen molar-refractivity contribution in [3.05, 3.63) is 29.8 Å². The maximum Gasteiger partial charge on any atom is 3.00 e. The van der Waals surface area contributed by atoms with Crippen LogP contribution in [0.1, 0.15) is 25.3 Å². The normalized spacial score (nSPS) is 7.42. The molecule has 0 bridgehead atoms. The van der Waals surface area contributed by atoms with Gasteiger partial charge in [0, 0.05) is 0 Å². The second-order valence-corrected chi connectivity index (χ2v) is 2.40. The zero-order chi connectivity index (χ0) is 6.53. The first-order chi connectivity index (χ1) is 4.43. The molecular formula is C9H13Cl2Zr. The summed E-state index contributed by atoms with van der Waals surface area (Å²) in [5.41, 5.74) is 1.48. The van der Waals surface area contributed by atoms with Crippen LogP contribution in [0.5, 0.6) is 0 Å². The smallest absolute Gasteiger partial charge is 1.00 e. The summed E-state index contributed by atoms with van der Waals surface area (Å²) in [6.07, 6.45) is 3.87. The molecule has 0 N–H and O–H groups in total. The van der Waals surface area contributed by atoms with E-state index >= 15 is 0 Å². The van der Waals surface area contributed by atoms with Crippen molar-refractivity contribution in [3.63, 3.8) is 0 Å². The van der Waals surface area contributed by atoms with E-state index in [-0.39, 0.29) is 51.0 Å². The molecule has 0 atom stereocenters. The maximum atomic E-state index is 2.23. The zero-order valence-electron chi connectivity index (χ0n) is 7.19. The quantitative estimate of drug-likeness (QED) is 0.511. The summed E-state index contributed by atoms with van der Waals surface area (Å²) in [6, 6.07) is 8.58. The molecule has 0 amide bonds. The van der Waals surface area contributed by atoms with Crippen LogP contribution < -0.4 is 24.8 Å². The average Bonchev–Trinajstić information content (AvgIpc) is 2.34.